The van der Waals surface area contributed by atoms with Crippen molar-refractivity contribution in [3.63, 3.8) is 0 Å². The van der Waals surface area contributed by atoms with Gasteiger partial charge < -0.3 is 10.1 Å². The minimum Gasteiger partial charge on any atom is -0.496 e. The molecule has 1 N–H and O–H groups in total. The van der Waals surface area contributed by atoms with E-state index in [9.17, 15) is 8.42 Å². The smallest absolute Gasteiger partial charge is 0.175 e. The van der Waals surface area contributed by atoms with E-state index in [1.807, 2.05) is 0 Å². The largest absolute Gasteiger partial charge is 0.496 e. The molecule has 0 bridgehead atoms. The average molecular weight is 255 g/mol. The normalized spacial score (nSPS) is 20.5. The van der Waals surface area contributed by atoms with Gasteiger partial charge in [0.1, 0.15) is 5.75 Å². The summed E-state index contributed by atoms with van der Waals surface area (Å²) in [6, 6.07) is 5.24. The molecule has 1 unspecified atom stereocenters. The highest BCUT2D eigenvalue weighted by atomic mass is 32.2. The van der Waals surface area contributed by atoms with Gasteiger partial charge in [0.2, 0.25) is 0 Å². The van der Waals surface area contributed by atoms with Gasteiger partial charge in [0, 0.05) is 17.9 Å². The Labute approximate surface area is 102 Å². The summed E-state index contributed by atoms with van der Waals surface area (Å²) in [5.41, 5.74) is 0.938. The fourth-order valence-corrected chi connectivity index (χ4v) is 2.82. The predicted octanol–water partition coefficient (Wildman–Crippen LogP) is 1.52. The van der Waals surface area contributed by atoms with Crippen LogP contribution in [0.2, 0.25) is 0 Å². The van der Waals surface area contributed by atoms with Crippen molar-refractivity contribution in [1.82, 2.24) is 5.32 Å². The second kappa shape index (κ2) is 4.66. The van der Waals surface area contributed by atoms with E-state index < -0.39 is 9.84 Å². The molecule has 0 aliphatic carbocycles. The van der Waals surface area contributed by atoms with Crippen LogP contribution < -0.4 is 10.1 Å². The molecule has 2 rings (SSSR count). The average Bonchev–Trinajstić information content (AvgIpc) is 2.80. The number of hydrogen-bond donors (Lipinski definition) is 1. The summed E-state index contributed by atoms with van der Waals surface area (Å²) in [4.78, 5) is 0.349. The van der Waals surface area contributed by atoms with E-state index in [1.54, 1.807) is 25.3 Å². The van der Waals surface area contributed by atoms with E-state index in [1.165, 1.54) is 6.26 Å². The van der Waals surface area contributed by atoms with Crippen LogP contribution >= 0.6 is 0 Å². The molecule has 1 saturated heterocycles. The van der Waals surface area contributed by atoms with Crippen molar-refractivity contribution in [3.05, 3.63) is 23.8 Å². The zero-order valence-corrected chi connectivity index (χ0v) is 10.9. The van der Waals surface area contributed by atoms with Gasteiger partial charge in [-0.2, -0.15) is 0 Å². The molecule has 0 spiro atoms. The van der Waals surface area contributed by atoms with Crippen molar-refractivity contribution >= 4 is 9.84 Å². The summed E-state index contributed by atoms with van der Waals surface area (Å²) in [6.07, 6.45) is 3.35. The van der Waals surface area contributed by atoms with Crippen molar-refractivity contribution in [2.45, 2.75) is 23.8 Å². The second-order valence-electron chi connectivity index (χ2n) is 4.32. The first-order chi connectivity index (χ1) is 8.02. The van der Waals surface area contributed by atoms with Gasteiger partial charge in [-0.1, -0.05) is 0 Å². The molecule has 1 aromatic carbocycles. The zero-order valence-electron chi connectivity index (χ0n) is 10.1. The van der Waals surface area contributed by atoms with E-state index in [4.69, 9.17) is 4.74 Å². The Hall–Kier alpha value is -1.07. The van der Waals surface area contributed by atoms with Gasteiger partial charge in [-0.3, -0.25) is 0 Å². The molecule has 0 saturated carbocycles. The van der Waals surface area contributed by atoms with Crippen LogP contribution in [0.4, 0.5) is 0 Å². The third-order valence-electron chi connectivity index (χ3n) is 3.07. The third-order valence-corrected chi connectivity index (χ3v) is 4.18. The molecule has 0 amide bonds. The van der Waals surface area contributed by atoms with Crippen LogP contribution in [-0.2, 0) is 9.84 Å². The van der Waals surface area contributed by atoms with E-state index in [2.05, 4.69) is 5.32 Å². The summed E-state index contributed by atoms with van der Waals surface area (Å²) < 4.78 is 28.4. The molecule has 94 valence electrons. The molecule has 0 aromatic heterocycles. The highest BCUT2D eigenvalue weighted by molar-refractivity contribution is 7.90. The summed E-state index contributed by atoms with van der Waals surface area (Å²) in [5.74, 6) is 0.747. The van der Waals surface area contributed by atoms with Crippen molar-refractivity contribution in [3.8, 4) is 5.75 Å². The van der Waals surface area contributed by atoms with E-state index in [-0.39, 0.29) is 6.04 Å². The van der Waals surface area contributed by atoms with Gasteiger partial charge in [-0.05, 0) is 37.6 Å². The molecule has 5 heteroatoms. The quantitative estimate of drug-likeness (QED) is 0.889. The maximum Gasteiger partial charge on any atom is 0.175 e. The number of ether oxygens (including phenoxy) is 1. The number of rotatable bonds is 3. The standard InChI is InChI=1S/C12H17NO3S/c1-16-12-6-5-9(17(2,14)15)8-10(12)11-4-3-7-13-11/h5-6,8,11,13H,3-4,7H2,1-2H3. The van der Waals surface area contributed by atoms with Crippen LogP contribution in [0.1, 0.15) is 24.4 Å². The molecule has 1 heterocycles. The Balaban J connectivity index is 2.46. The summed E-state index contributed by atoms with van der Waals surface area (Å²) in [5, 5.41) is 3.35. The fourth-order valence-electron chi connectivity index (χ4n) is 2.17. The van der Waals surface area contributed by atoms with Crippen molar-refractivity contribution in [1.29, 1.82) is 0 Å². The summed E-state index contributed by atoms with van der Waals surface area (Å²) in [7, 11) is -1.56. The first kappa shape index (κ1) is 12.4. The monoisotopic (exact) mass is 255 g/mol. The number of sulfone groups is 1. The van der Waals surface area contributed by atoms with Crippen LogP contribution in [-0.4, -0.2) is 28.3 Å². The Morgan fingerprint density at radius 3 is 2.71 bits per heavy atom. The van der Waals surface area contributed by atoms with Crippen LogP contribution in [0.5, 0.6) is 5.75 Å². The van der Waals surface area contributed by atoms with Gasteiger partial charge >= 0.3 is 0 Å². The molecule has 1 aromatic rings. The molecule has 1 aliphatic heterocycles. The van der Waals surface area contributed by atoms with Gasteiger partial charge in [0.05, 0.1) is 12.0 Å². The number of benzene rings is 1. The minimum absolute atomic E-state index is 0.201. The first-order valence-electron chi connectivity index (χ1n) is 5.64. The van der Waals surface area contributed by atoms with Gasteiger partial charge in [0.15, 0.2) is 9.84 Å². The number of hydrogen-bond acceptors (Lipinski definition) is 4. The molecule has 1 fully saturated rings. The molecule has 17 heavy (non-hydrogen) atoms. The van der Waals surface area contributed by atoms with Crippen molar-refractivity contribution in [2.24, 2.45) is 0 Å². The topological polar surface area (TPSA) is 55.4 Å². The molecule has 1 aliphatic rings. The zero-order chi connectivity index (χ0) is 12.5. The number of nitrogens with one attached hydrogen (secondary N) is 1. The highest BCUT2D eigenvalue weighted by Crippen LogP contribution is 2.32. The first-order valence-corrected chi connectivity index (χ1v) is 7.53. The summed E-state index contributed by atoms with van der Waals surface area (Å²) in [6.45, 7) is 0.969. The lowest BCUT2D eigenvalue weighted by Gasteiger charge is -2.16. The third kappa shape index (κ3) is 2.61. The van der Waals surface area contributed by atoms with Crippen LogP contribution in [0.3, 0.4) is 0 Å². The maximum atomic E-state index is 11.5. The van der Waals surface area contributed by atoms with Crippen LogP contribution in [0.25, 0.3) is 0 Å². The van der Waals surface area contributed by atoms with Crippen LogP contribution in [0, 0.1) is 0 Å². The van der Waals surface area contributed by atoms with Crippen molar-refractivity contribution in [2.75, 3.05) is 19.9 Å². The molecular formula is C12H17NO3S. The molecule has 4 nitrogen and oxygen atoms in total. The van der Waals surface area contributed by atoms with Gasteiger partial charge in [0.25, 0.3) is 0 Å². The van der Waals surface area contributed by atoms with E-state index in [0.717, 1.165) is 30.7 Å². The van der Waals surface area contributed by atoms with E-state index >= 15 is 0 Å². The van der Waals surface area contributed by atoms with Crippen LogP contribution in [0.15, 0.2) is 23.1 Å². The second-order valence-corrected chi connectivity index (χ2v) is 6.34. The SMILES string of the molecule is COc1ccc(S(C)(=O)=O)cc1C1CCCN1. The summed E-state index contributed by atoms with van der Waals surface area (Å²) >= 11 is 0. The Bertz CT molecular complexity index is 504. The Morgan fingerprint density at radius 1 is 1.41 bits per heavy atom. The molecular weight excluding hydrogens is 238 g/mol. The molecule has 1 atom stereocenters. The lowest BCUT2D eigenvalue weighted by Crippen LogP contribution is -2.14. The molecule has 0 radical (unpaired) electrons. The number of methoxy groups -OCH3 is 1. The van der Waals surface area contributed by atoms with Gasteiger partial charge in [-0.15, -0.1) is 0 Å². The highest BCUT2D eigenvalue weighted by Gasteiger charge is 2.21. The Kier molecular flexibility index (Phi) is 3.40. The maximum absolute atomic E-state index is 11.5. The lowest BCUT2D eigenvalue weighted by molar-refractivity contribution is 0.402. The van der Waals surface area contributed by atoms with Crippen molar-refractivity contribution < 1.29 is 13.2 Å². The van der Waals surface area contributed by atoms with E-state index in [0.29, 0.717) is 4.90 Å². The van der Waals surface area contributed by atoms with Gasteiger partial charge in [-0.25, -0.2) is 8.42 Å². The Morgan fingerprint density at radius 2 is 2.18 bits per heavy atom. The lowest BCUT2D eigenvalue weighted by atomic mass is 10.0. The fraction of sp³-hybridized carbons (Fsp3) is 0.500. The predicted molar refractivity (Wildman–Crippen MR) is 66.1 cm³/mol. The minimum atomic E-state index is -3.16.